The first-order chi connectivity index (χ1) is 13.5. The highest BCUT2D eigenvalue weighted by Crippen LogP contribution is 2.27. The summed E-state index contributed by atoms with van der Waals surface area (Å²) in [6.07, 6.45) is -0.0682. The third-order valence-electron chi connectivity index (χ3n) is 4.63. The summed E-state index contributed by atoms with van der Waals surface area (Å²) in [5.74, 6) is -2.57. The molecule has 0 spiro atoms. The fourth-order valence-electron chi connectivity index (χ4n) is 3.08. The number of para-hydroxylation sites is 1. The first-order valence-corrected chi connectivity index (χ1v) is 8.95. The van der Waals surface area contributed by atoms with Crippen LogP contribution in [0.2, 0.25) is 0 Å². The van der Waals surface area contributed by atoms with Crippen molar-refractivity contribution in [1.82, 2.24) is 4.90 Å². The summed E-state index contributed by atoms with van der Waals surface area (Å²) >= 11 is 0. The third-order valence-corrected chi connectivity index (χ3v) is 4.63. The lowest BCUT2D eigenvalue weighted by molar-refractivity contribution is -0.155. The SMILES string of the molecule is CN(Cc1ccccc1)C(=O)COC(=O)[C@H]1CC(=O)N(c2ccccc2F)C1. The number of carbonyl (C=O) groups excluding carboxylic acids is 3. The van der Waals surface area contributed by atoms with Crippen LogP contribution in [0.1, 0.15) is 12.0 Å². The Hall–Kier alpha value is -3.22. The summed E-state index contributed by atoms with van der Waals surface area (Å²) in [5.41, 5.74) is 1.10. The summed E-state index contributed by atoms with van der Waals surface area (Å²) < 4.78 is 19.0. The van der Waals surface area contributed by atoms with Gasteiger partial charge in [0.2, 0.25) is 5.91 Å². The largest absolute Gasteiger partial charge is 0.455 e. The normalized spacial score (nSPS) is 16.1. The molecule has 1 aliphatic rings. The molecule has 0 saturated carbocycles. The number of anilines is 1. The highest BCUT2D eigenvalue weighted by atomic mass is 19.1. The van der Waals surface area contributed by atoms with Crippen molar-refractivity contribution in [2.75, 3.05) is 25.1 Å². The van der Waals surface area contributed by atoms with Crippen LogP contribution in [0, 0.1) is 11.7 Å². The van der Waals surface area contributed by atoms with Gasteiger partial charge in [-0.25, -0.2) is 4.39 Å². The number of nitrogens with zero attached hydrogens (tertiary/aromatic N) is 2. The van der Waals surface area contributed by atoms with E-state index in [0.717, 1.165) is 5.56 Å². The van der Waals surface area contributed by atoms with Crippen LogP contribution in [0.3, 0.4) is 0 Å². The van der Waals surface area contributed by atoms with Gasteiger partial charge in [0, 0.05) is 26.6 Å². The Morgan fingerprint density at radius 2 is 1.82 bits per heavy atom. The summed E-state index contributed by atoms with van der Waals surface area (Å²) in [4.78, 5) is 39.3. The molecule has 1 saturated heterocycles. The van der Waals surface area contributed by atoms with Gasteiger partial charge in [0.25, 0.3) is 5.91 Å². The zero-order valence-electron chi connectivity index (χ0n) is 15.5. The zero-order valence-corrected chi connectivity index (χ0v) is 15.5. The minimum absolute atomic E-state index is 0.0344. The van der Waals surface area contributed by atoms with E-state index < -0.39 is 24.3 Å². The smallest absolute Gasteiger partial charge is 0.311 e. The van der Waals surface area contributed by atoms with Crippen LogP contribution in [0.5, 0.6) is 0 Å². The maximum Gasteiger partial charge on any atom is 0.311 e. The molecule has 0 aromatic heterocycles. The number of hydrogen-bond acceptors (Lipinski definition) is 4. The van der Waals surface area contributed by atoms with Gasteiger partial charge in [0.05, 0.1) is 11.6 Å². The van der Waals surface area contributed by atoms with E-state index in [-0.39, 0.29) is 30.5 Å². The molecule has 1 fully saturated rings. The van der Waals surface area contributed by atoms with Crippen LogP contribution >= 0.6 is 0 Å². The Bertz CT molecular complexity index is 872. The lowest BCUT2D eigenvalue weighted by Gasteiger charge is -2.18. The predicted octanol–water partition coefficient (Wildman–Crippen LogP) is 2.38. The van der Waals surface area contributed by atoms with Gasteiger partial charge in [-0.05, 0) is 17.7 Å². The molecular formula is C21H21FN2O4. The average Bonchev–Trinajstić information content (AvgIpc) is 3.08. The second-order valence-corrected chi connectivity index (χ2v) is 6.70. The van der Waals surface area contributed by atoms with Crippen molar-refractivity contribution < 1.29 is 23.5 Å². The van der Waals surface area contributed by atoms with Crippen molar-refractivity contribution in [3.05, 3.63) is 66.0 Å². The van der Waals surface area contributed by atoms with Gasteiger partial charge in [-0.15, -0.1) is 0 Å². The van der Waals surface area contributed by atoms with E-state index in [1.807, 2.05) is 30.3 Å². The van der Waals surface area contributed by atoms with Gasteiger partial charge >= 0.3 is 5.97 Å². The molecule has 6 nitrogen and oxygen atoms in total. The maximum absolute atomic E-state index is 13.9. The van der Waals surface area contributed by atoms with Gasteiger partial charge in [-0.3, -0.25) is 14.4 Å². The van der Waals surface area contributed by atoms with Crippen LogP contribution in [-0.2, 0) is 25.7 Å². The highest BCUT2D eigenvalue weighted by Gasteiger charge is 2.37. The molecule has 2 amide bonds. The van der Waals surface area contributed by atoms with Crippen LogP contribution in [-0.4, -0.2) is 42.9 Å². The van der Waals surface area contributed by atoms with E-state index in [2.05, 4.69) is 0 Å². The first-order valence-electron chi connectivity index (χ1n) is 8.95. The summed E-state index contributed by atoms with van der Waals surface area (Å²) in [6.45, 7) is 0.0411. The Morgan fingerprint density at radius 3 is 2.54 bits per heavy atom. The molecule has 7 heteroatoms. The van der Waals surface area contributed by atoms with Crippen LogP contribution in [0.15, 0.2) is 54.6 Å². The van der Waals surface area contributed by atoms with E-state index in [4.69, 9.17) is 4.74 Å². The molecule has 1 aliphatic heterocycles. The van der Waals surface area contributed by atoms with Crippen LogP contribution < -0.4 is 4.90 Å². The lowest BCUT2D eigenvalue weighted by atomic mass is 10.1. The Labute approximate surface area is 162 Å². The molecule has 2 aromatic rings. The molecule has 1 heterocycles. The molecule has 28 heavy (non-hydrogen) atoms. The monoisotopic (exact) mass is 384 g/mol. The standard InChI is InChI=1S/C21H21FN2O4/c1-23(12-15-7-3-2-4-8-15)20(26)14-28-21(27)16-11-19(25)24(13-16)18-10-6-5-9-17(18)22/h2-10,16H,11-14H2,1H3/t16-/m0/s1. The predicted molar refractivity (Wildman–Crippen MR) is 101 cm³/mol. The van der Waals surface area contributed by atoms with Crippen molar-refractivity contribution in [1.29, 1.82) is 0 Å². The fourth-order valence-corrected chi connectivity index (χ4v) is 3.08. The number of hydrogen-bond donors (Lipinski definition) is 0. The molecule has 0 unspecified atom stereocenters. The van der Waals surface area contributed by atoms with E-state index in [1.165, 1.54) is 28.0 Å². The summed E-state index contributed by atoms with van der Waals surface area (Å²) in [7, 11) is 1.63. The molecule has 0 N–H and O–H groups in total. The van der Waals surface area contributed by atoms with E-state index >= 15 is 0 Å². The van der Waals surface area contributed by atoms with E-state index in [9.17, 15) is 18.8 Å². The van der Waals surface area contributed by atoms with Crippen molar-refractivity contribution >= 4 is 23.5 Å². The molecule has 3 rings (SSSR count). The number of rotatable bonds is 6. The van der Waals surface area contributed by atoms with Crippen molar-refractivity contribution in [2.45, 2.75) is 13.0 Å². The number of esters is 1. The minimum atomic E-state index is -0.723. The fraction of sp³-hybridized carbons (Fsp3) is 0.286. The van der Waals surface area contributed by atoms with Crippen LogP contribution in [0.4, 0.5) is 10.1 Å². The van der Waals surface area contributed by atoms with E-state index in [1.54, 1.807) is 13.1 Å². The number of ether oxygens (including phenoxy) is 1. The average molecular weight is 384 g/mol. The second-order valence-electron chi connectivity index (χ2n) is 6.70. The van der Waals surface area contributed by atoms with Gasteiger partial charge < -0.3 is 14.5 Å². The Kier molecular flexibility index (Phi) is 6.03. The molecule has 0 bridgehead atoms. The van der Waals surface area contributed by atoms with Gasteiger partial charge in [0.15, 0.2) is 6.61 Å². The highest BCUT2D eigenvalue weighted by molar-refractivity contribution is 5.99. The van der Waals surface area contributed by atoms with E-state index in [0.29, 0.717) is 6.54 Å². The third kappa shape index (κ3) is 4.54. The van der Waals surface area contributed by atoms with Crippen molar-refractivity contribution in [3.63, 3.8) is 0 Å². The Balaban J connectivity index is 1.52. The number of benzene rings is 2. The van der Waals surface area contributed by atoms with Gasteiger partial charge in [0.1, 0.15) is 5.82 Å². The zero-order chi connectivity index (χ0) is 20.1. The van der Waals surface area contributed by atoms with Crippen molar-refractivity contribution in [3.8, 4) is 0 Å². The quantitative estimate of drug-likeness (QED) is 0.718. The number of likely N-dealkylation sites (N-methyl/N-ethyl adjacent to an activating group) is 1. The lowest BCUT2D eigenvalue weighted by Crippen LogP contribution is -2.32. The summed E-state index contributed by atoms with van der Waals surface area (Å²) in [6, 6.07) is 15.4. The van der Waals surface area contributed by atoms with Gasteiger partial charge in [-0.2, -0.15) is 0 Å². The number of amides is 2. The molecule has 1 atom stereocenters. The molecular weight excluding hydrogens is 363 g/mol. The second kappa shape index (κ2) is 8.65. The molecule has 146 valence electrons. The number of carbonyl (C=O) groups is 3. The maximum atomic E-state index is 13.9. The Morgan fingerprint density at radius 1 is 1.14 bits per heavy atom. The molecule has 0 radical (unpaired) electrons. The topological polar surface area (TPSA) is 66.9 Å². The first kappa shape index (κ1) is 19.5. The number of halogens is 1. The molecule has 2 aromatic carbocycles. The van der Waals surface area contributed by atoms with Gasteiger partial charge in [-0.1, -0.05) is 42.5 Å². The molecule has 0 aliphatic carbocycles. The summed E-state index contributed by atoms with van der Waals surface area (Å²) in [5, 5.41) is 0. The van der Waals surface area contributed by atoms with Crippen molar-refractivity contribution in [2.24, 2.45) is 5.92 Å². The minimum Gasteiger partial charge on any atom is -0.455 e. The van der Waals surface area contributed by atoms with Crippen LogP contribution in [0.25, 0.3) is 0 Å².